The van der Waals surface area contributed by atoms with Gasteiger partial charge in [-0.3, -0.25) is 19.2 Å². The van der Waals surface area contributed by atoms with Gasteiger partial charge in [0.05, 0.1) is 5.56 Å². The van der Waals surface area contributed by atoms with Gasteiger partial charge in [-0.2, -0.15) is 0 Å². The van der Waals surface area contributed by atoms with Crippen molar-refractivity contribution in [2.45, 2.75) is 85.4 Å². The number of ether oxygens (including phenoxy) is 10. The second-order valence-electron chi connectivity index (χ2n) is 7.00. The monoisotopic (exact) mass is 491 g/mol. The fourth-order valence-electron chi connectivity index (χ4n) is 2.49. The van der Waals surface area contributed by atoms with Gasteiger partial charge in [-0.05, 0) is 53.7 Å². The minimum absolute atomic E-state index is 0.173. The van der Waals surface area contributed by atoms with Crippen LogP contribution in [0.2, 0.25) is 0 Å². The van der Waals surface area contributed by atoms with E-state index in [4.69, 9.17) is 47.4 Å². The lowest BCUT2D eigenvalue weighted by Crippen LogP contribution is -2.51. The van der Waals surface area contributed by atoms with Crippen LogP contribution < -0.4 is 0 Å². The number of pyridine rings is 1. The fraction of sp³-hybridized carbons (Fsp3) is 0.727. The van der Waals surface area contributed by atoms with Crippen molar-refractivity contribution in [2.75, 3.05) is 21.3 Å². The Bertz CT molecular complexity index is 642. The van der Waals surface area contributed by atoms with Crippen LogP contribution in [0.3, 0.4) is 0 Å². The lowest BCUT2D eigenvalue weighted by Gasteiger charge is -2.37. The zero-order valence-corrected chi connectivity index (χ0v) is 21.2. The van der Waals surface area contributed by atoms with Gasteiger partial charge in [0.15, 0.2) is 37.7 Å². The number of aromatic nitrogens is 1. The maximum atomic E-state index is 13.0. The number of rotatable bonds is 17. The van der Waals surface area contributed by atoms with Crippen molar-refractivity contribution in [1.29, 1.82) is 0 Å². The van der Waals surface area contributed by atoms with Gasteiger partial charge >= 0.3 is 12.1 Å². The molecule has 6 atom stereocenters. The van der Waals surface area contributed by atoms with E-state index >= 15 is 0 Å². The number of carbonyl (C=O) groups excluding carboxylic acids is 1. The van der Waals surface area contributed by atoms with Crippen molar-refractivity contribution < 1.29 is 52.2 Å². The highest BCUT2D eigenvalue weighted by Gasteiger charge is 2.46. The molecule has 0 N–H and O–H groups in total. The summed E-state index contributed by atoms with van der Waals surface area (Å²) in [6.07, 6.45) is -4.62. The summed E-state index contributed by atoms with van der Waals surface area (Å²) >= 11 is 0. The molecule has 196 valence electrons. The summed E-state index contributed by atoms with van der Waals surface area (Å²) in [5.74, 6) is -0.826. The van der Waals surface area contributed by atoms with Crippen LogP contribution in [0.4, 0.5) is 0 Å². The van der Waals surface area contributed by atoms with Gasteiger partial charge < -0.3 is 33.2 Å². The summed E-state index contributed by atoms with van der Waals surface area (Å²) in [7, 11) is 4.39. The van der Waals surface area contributed by atoms with Crippen molar-refractivity contribution in [3.8, 4) is 0 Å². The molecule has 1 rings (SSSR count). The van der Waals surface area contributed by atoms with Gasteiger partial charge in [-0.15, -0.1) is 0 Å². The van der Waals surface area contributed by atoms with Crippen molar-refractivity contribution in [3.05, 3.63) is 30.1 Å². The predicted octanol–water partition coefficient (Wildman–Crippen LogP) is 2.96. The lowest BCUT2D eigenvalue weighted by molar-refractivity contribution is -0.549. The number of hydrogen-bond donors (Lipinski definition) is 0. The van der Waals surface area contributed by atoms with Crippen LogP contribution in [-0.4, -0.2) is 76.2 Å². The van der Waals surface area contributed by atoms with E-state index < -0.39 is 49.9 Å². The highest BCUT2D eigenvalue weighted by molar-refractivity contribution is 5.89. The summed E-state index contributed by atoms with van der Waals surface area (Å²) < 4.78 is 55.1. The molecule has 12 nitrogen and oxygen atoms in total. The Kier molecular flexibility index (Phi) is 13.6. The Balaban J connectivity index is 3.29. The highest BCUT2D eigenvalue weighted by Crippen LogP contribution is 2.28. The molecule has 0 radical (unpaired) electrons. The minimum atomic E-state index is -2.47. The first-order valence-electron chi connectivity index (χ1n) is 10.8. The van der Waals surface area contributed by atoms with Gasteiger partial charge in [-0.25, -0.2) is 4.79 Å². The first-order chi connectivity index (χ1) is 16.0. The normalized spacial score (nSPS) is 18.9. The molecule has 1 aromatic rings. The van der Waals surface area contributed by atoms with Gasteiger partial charge in [0.25, 0.3) is 0 Å². The molecule has 0 aromatic carbocycles. The van der Waals surface area contributed by atoms with Crippen molar-refractivity contribution >= 4 is 5.97 Å². The molecule has 34 heavy (non-hydrogen) atoms. The summed E-state index contributed by atoms with van der Waals surface area (Å²) in [5.41, 5.74) is 0.173. The molecule has 0 aliphatic rings. The van der Waals surface area contributed by atoms with E-state index in [-0.39, 0.29) is 5.56 Å². The minimum Gasteiger partial charge on any atom is -0.380 e. The second kappa shape index (κ2) is 15.3. The van der Waals surface area contributed by atoms with Crippen LogP contribution in [0.25, 0.3) is 0 Å². The molecule has 0 aliphatic heterocycles. The van der Waals surface area contributed by atoms with Crippen molar-refractivity contribution in [2.24, 2.45) is 0 Å². The first-order valence-corrected chi connectivity index (χ1v) is 10.8. The SMILES string of the molecule is COC(C)OC(C)OC(OC(=O)c1ccncc1)(OC(C)OC(C)OC)OC(C)OC(C)OC. The molecule has 0 aliphatic carbocycles. The molecular weight excluding hydrogens is 454 g/mol. The molecule has 0 spiro atoms. The van der Waals surface area contributed by atoms with Crippen LogP contribution in [0.15, 0.2) is 24.5 Å². The van der Waals surface area contributed by atoms with Gasteiger partial charge in [0.1, 0.15) is 0 Å². The van der Waals surface area contributed by atoms with E-state index in [2.05, 4.69) is 4.98 Å². The van der Waals surface area contributed by atoms with Crippen molar-refractivity contribution in [3.63, 3.8) is 0 Å². The Labute approximate surface area is 200 Å². The number of hydrogen-bond acceptors (Lipinski definition) is 12. The number of esters is 1. The molecule has 1 heterocycles. The summed E-state index contributed by atoms with van der Waals surface area (Å²) in [6, 6.07) is 2.92. The van der Waals surface area contributed by atoms with Gasteiger partial charge in [0.2, 0.25) is 0 Å². The number of methoxy groups -OCH3 is 3. The van der Waals surface area contributed by atoms with E-state index in [1.54, 1.807) is 41.5 Å². The molecule has 1 aromatic heterocycles. The Morgan fingerprint density at radius 2 is 1.03 bits per heavy atom. The van der Waals surface area contributed by atoms with E-state index in [9.17, 15) is 4.79 Å². The summed E-state index contributed by atoms with van der Waals surface area (Å²) in [6.45, 7) is 9.61. The maximum absolute atomic E-state index is 13.0. The first kappa shape index (κ1) is 30.3. The third kappa shape index (κ3) is 11.1. The second-order valence-corrected chi connectivity index (χ2v) is 7.00. The van der Waals surface area contributed by atoms with Crippen LogP contribution >= 0.6 is 0 Å². The molecule has 0 bridgehead atoms. The predicted molar refractivity (Wildman–Crippen MR) is 117 cm³/mol. The molecule has 0 amide bonds. The number of nitrogens with zero attached hydrogens (tertiary/aromatic N) is 1. The molecular formula is C22H37NO11. The summed E-state index contributed by atoms with van der Waals surface area (Å²) in [5, 5.41) is 0. The Hall–Kier alpha value is -1.74. The summed E-state index contributed by atoms with van der Waals surface area (Å²) in [4.78, 5) is 16.8. The van der Waals surface area contributed by atoms with E-state index in [0.29, 0.717) is 0 Å². The average molecular weight is 492 g/mol. The Morgan fingerprint density at radius 3 is 1.35 bits per heavy atom. The highest BCUT2D eigenvalue weighted by atomic mass is 17.1. The third-order valence-electron chi connectivity index (χ3n) is 4.21. The average Bonchev–Trinajstić information content (AvgIpc) is 2.78. The van der Waals surface area contributed by atoms with Crippen LogP contribution in [-0.2, 0) is 47.4 Å². The van der Waals surface area contributed by atoms with Crippen LogP contribution in [0, 0.1) is 0 Å². The van der Waals surface area contributed by atoms with E-state index in [1.165, 1.54) is 45.9 Å². The van der Waals surface area contributed by atoms with Gasteiger partial charge in [0, 0.05) is 33.7 Å². The molecule has 12 heteroatoms. The topological polar surface area (TPSA) is 122 Å². The number of carbonyl (C=O) groups is 1. The zero-order chi connectivity index (χ0) is 25.7. The quantitative estimate of drug-likeness (QED) is 0.235. The van der Waals surface area contributed by atoms with Crippen LogP contribution in [0.1, 0.15) is 51.9 Å². The standard InChI is InChI=1S/C22H37NO11/c1-14(25-7)28-17(4)31-22(32-18(5)29-15(2)26-8,33-19(6)30-16(3)27-9)34-21(24)20-10-12-23-13-11-20/h10-19H,1-9H3. The van der Waals surface area contributed by atoms with E-state index in [1.807, 2.05) is 0 Å². The van der Waals surface area contributed by atoms with Crippen molar-refractivity contribution in [1.82, 2.24) is 4.98 Å². The smallest absolute Gasteiger partial charge is 0.380 e. The molecule has 0 fully saturated rings. The van der Waals surface area contributed by atoms with E-state index in [0.717, 1.165) is 0 Å². The van der Waals surface area contributed by atoms with Gasteiger partial charge in [-0.1, -0.05) is 0 Å². The van der Waals surface area contributed by atoms with Crippen LogP contribution in [0.5, 0.6) is 0 Å². The maximum Gasteiger partial charge on any atom is 0.469 e. The molecule has 0 saturated heterocycles. The lowest BCUT2D eigenvalue weighted by atomic mass is 10.3. The largest absolute Gasteiger partial charge is 0.469 e. The Morgan fingerprint density at radius 1 is 0.676 bits per heavy atom. The molecule has 6 unspecified atom stereocenters. The zero-order valence-electron chi connectivity index (χ0n) is 21.2. The third-order valence-corrected chi connectivity index (χ3v) is 4.21. The molecule has 0 saturated carbocycles. The fourth-order valence-corrected chi connectivity index (χ4v) is 2.49.